The summed E-state index contributed by atoms with van der Waals surface area (Å²) in [4.78, 5) is 15.3. The number of nitrogens with one attached hydrogen (secondary N) is 1. The molecule has 1 N–H and O–H groups in total. The van der Waals surface area contributed by atoms with Crippen molar-refractivity contribution in [1.82, 2.24) is 4.90 Å². The van der Waals surface area contributed by atoms with Gasteiger partial charge in [-0.1, -0.05) is 0 Å². The van der Waals surface area contributed by atoms with Gasteiger partial charge in [-0.25, -0.2) is 8.78 Å². The summed E-state index contributed by atoms with van der Waals surface area (Å²) < 4.78 is 26.4. The number of amides is 1. The molecule has 6 heteroatoms. The van der Waals surface area contributed by atoms with Crippen molar-refractivity contribution in [1.29, 1.82) is 0 Å². The minimum absolute atomic E-state index is 0.0149. The summed E-state index contributed by atoms with van der Waals surface area (Å²) in [5.74, 6) is -1.78. The van der Waals surface area contributed by atoms with E-state index < -0.39 is 17.7 Å². The van der Waals surface area contributed by atoms with Gasteiger partial charge in [-0.2, -0.15) is 0 Å². The van der Waals surface area contributed by atoms with Gasteiger partial charge in [0.1, 0.15) is 11.6 Å². The SMILES string of the molecule is Cc1ccsc1CN(C)[C@H](C)C(=O)Nc1ccc(F)cc1F. The summed E-state index contributed by atoms with van der Waals surface area (Å²) >= 11 is 1.64. The maximum atomic E-state index is 13.6. The van der Waals surface area contributed by atoms with Crippen LogP contribution >= 0.6 is 11.3 Å². The van der Waals surface area contributed by atoms with Crippen molar-refractivity contribution < 1.29 is 13.6 Å². The number of halogens is 2. The lowest BCUT2D eigenvalue weighted by molar-refractivity contribution is -0.120. The van der Waals surface area contributed by atoms with E-state index in [2.05, 4.69) is 5.32 Å². The minimum Gasteiger partial charge on any atom is -0.322 e. The molecule has 0 aliphatic carbocycles. The number of hydrogen-bond acceptors (Lipinski definition) is 3. The number of benzene rings is 1. The van der Waals surface area contributed by atoms with Gasteiger partial charge < -0.3 is 5.32 Å². The molecule has 0 saturated heterocycles. The topological polar surface area (TPSA) is 32.3 Å². The maximum absolute atomic E-state index is 13.6. The van der Waals surface area contributed by atoms with Crippen molar-refractivity contribution in [3.05, 3.63) is 51.7 Å². The molecule has 2 aromatic rings. The number of anilines is 1. The van der Waals surface area contributed by atoms with E-state index in [-0.39, 0.29) is 11.6 Å². The number of carbonyl (C=O) groups excluding carboxylic acids is 1. The Morgan fingerprint density at radius 1 is 1.36 bits per heavy atom. The average molecular weight is 324 g/mol. The van der Waals surface area contributed by atoms with Crippen LogP contribution in [0.15, 0.2) is 29.6 Å². The lowest BCUT2D eigenvalue weighted by Crippen LogP contribution is -2.39. The second kappa shape index (κ2) is 6.98. The molecule has 1 amide bonds. The van der Waals surface area contributed by atoms with Gasteiger partial charge in [0.05, 0.1) is 11.7 Å². The van der Waals surface area contributed by atoms with Crippen LogP contribution in [0.5, 0.6) is 0 Å². The van der Waals surface area contributed by atoms with E-state index in [9.17, 15) is 13.6 Å². The normalized spacial score (nSPS) is 12.5. The van der Waals surface area contributed by atoms with Gasteiger partial charge >= 0.3 is 0 Å². The van der Waals surface area contributed by atoms with Gasteiger partial charge in [0.15, 0.2) is 0 Å². The average Bonchev–Trinajstić information content (AvgIpc) is 2.86. The first-order chi connectivity index (χ1) is 10.4. The Bertz CT molecular complexity index is 672. The summed E-state index contributed by atoms with van der Waals surface area (Å²) in [7, 11) is 1.84. The van der Waals surface area contributed by atoms with Crippen LogP contribution in [0.2, 0.25) is 0 Å². The Hall–Kier alpha value is -1.79. The zero-order valence-electron chi connectivity index (χ0n) is 12.7. The van der Waals surface area contributed by atoms with E-state index in [0.29, 0.717) is 6.54 Å². The largest absolute Gasteiger partial charge is 0.322 e. The molecule has 1 heterocycles. The predicted octanol–water partition coefficient (Wildman–Crippen LogP) is 3.79. The van der Waals surface area contributed by atoms with Crippen LogP contribution in [0.25, 0.3) is 0 Å². The van der Waals surface area contributed by atoms with Crippen LogP contribution in [-0.4, -0.2) is 23.9 Å². The Kier molecular flexibility index (Phi) is 5.26. The van der Waals surface area contributed by atoms with Crippen LogP contribution in [0.3, 0.4) is 0 Å². The molecule has 1 atom stereocenters. The molecule has 0 aliphatic rings. The van der Waals surface area contributed by atoms with Gasteiger partial charge in [0.25, 0.3) is 0 Å². The fourth-order valence-electron chi connectivity index (χ4n) is 1.96. The smallest absolute Gasteiger partial charge is 0.241 e. The molecule has 1 aromatic carbocycles. The zero-order chi connectivity index (χ0) is 16.3. The molecule has 1 aromatic heterocycles. The highest BCUT2D eigenvalue weighted by Crippen LogP contribution is 2.19. The fraction of sp³-hybridized carbons (Fsp3) is 0.312. The zero-order valence-corrected chi connectivity index (χ0v) is 13.5. The summed E-state index contributed by atoms with van der Waals surface area (Å²) in [6, 6.07) is 4.68. The van der Waals surface area contributed by atoms with E-state index >= 15 is 0 Å². The van der Waals surface area contributed by atoms with Crippen molar-refractivity contribution in [2.45, 2.75) is 26.4 Å². The number of nitrogens with zero attached hydrogens (tertiary/aromatic N) is 1. The van der Waals surface area contributed by atoms with Gasteiger partial charge in [-0.15, -0.1) is 11.3 Å². The van der Waals surface area contributed by atoms with Crippen LogP contribution in [0, 0.1) is 18.6 Å². The van der Waals surface area contributed by atoms with Gasteiger partial charge in [-0.05, 0) is 50.0 Å². The standard InChI is InChI=1S/C16H18F2N2OS/c1-10-6-7-22-15(10)9-20(3)11(2)16(21)19-14-5-4-12(17)8-13(14)18/h4-8,11H,9H2,1-3H3,(H,19,21)/t11-/m1/s1. The summed E-state index contributed by atoms with van der Waals surface area (Å²) in [5.41, 5.74) is 1.17. The highest BCUT2D eigenvalue weighted by atomic mass is 32.1. The van der Waals surface area contributed by atoms with E-state index in [0.717, 1.165) is 12.1 Å². The molecule has 22 heavy (non-hydrogen) atoms. The fourth-order valence-corrected chi connectivity index (χ4v) is 2.93. The third-order valence-corrected chi connectivity index (χ3v) is 4.60. The molecule has 0 fully saturated rings. The van der Waals surface area contributed by atoms with Crippen molar-refractivity contribution in [3.63, 3.8) is 0 Å². The maximum Gasteiger partial charge on any atom is 0.241 e. The van der Waals surface area contributed by atoms with Crippen molar-refractivity contribution >= 4 is 22.9 Å². The summed E-state index contributed by atoms with van der Waals surface area (Å²) in [5, 5.41) is 4.50. The van der Waals surface area contributed by atoms with Crippen LogP contribution in [-0.2, 0) is 11.3 Å². The first-order valence-electron chi connectivity index (χ1n) is 6.87. The van der Waals surface area contributed by atoms with Crippen molar-refractivity contribution in [2.24, 2.45) is 0 Å². The third-order valence-electron chi connectivity index (χ3n) is 3.59. The number of carbonyl (C=O) groups is 1. The van der Waals surface area contributed by atoms with E-state index in [1.165, 1.54) is 16.5 Å². The minimum atomic E-state index is -0.780. The Balaban J connectivity index is 2.00. The number of hydrogen-bond donors (Lipinski definition) is 1. The van der Waals surface area contributed by atoms with E-state index in [4.69, 9.17) is 0 Å². The molecule has 0 saturated carbocycles. The lowest BCUT2D eigenvalue weighted by Gasteiger charge is -2.23. The van der Waals surface area contributed by atoms with E-state index in [1.807, 2.05) is 30.3 Å². The van der Waals surface area contributed by atoms with Crippen LogP contribution in [0.4, 0.5) is 14.5 Å². The Morgan fingerprint density at radius 3 is 2.68 bits per heavy atom. The monoisotopic (exact) mass is 324 g/mol. The summed E-state index contributed by atoms with van der Waals surface area (Å²) in [6.45, 7) is 4.42. The molecule has 3 nitrogen and oxygen atoms in total. The highest BCUT2D eigenvalue weighted by molar-refractivity contribution is 7.10. The molecular weight excluding hydrogens is 306 g/mol. The highest BCUT2D eigenvalue weighted by Gasteiger charge is 2.20. The first-order valence-corrected chi connectivity index (χ1v) is 7.75. The lowest BCUT2D eigenvalue weighted by atomic mass is 10.2. The second-order valence-electron chi connectivity index (χ2n) is 5.23. The van der Waals surface area contributed by atoms with Crippen molar-refractivity contribution in [2.75, 3.05) is 12.4 Å². The van der Waals surface area contributed by atoms with Crippen LogP contribution in [0.1, 0.15) is 17.4 Å². The van der Waals surface area contributed by atoms with Gasteiger partial charge in [-0.3, -0.25) is 9.69 Å². The number of rotatable bonds is 5. The molecule has 0 bridgehead atoms. The van der Waals surface area contributed by atoms with Crippen LogP contribution < -0.4 is 5.32 Å². The molecule has 2 rings (SSSR count). The number of aryl methyl sites for hydroxylation is 1. The molecule has 0 aliphatic heterocycles. The Labute approximate surface area is 132 Å². The van der Waals surface area contributed by atoms with Gasteiger partial charge in [0, 0.05) is 17.5 Å². The van der Waals surface area contributed by atoms with E-state index in [1.54, 1.807) is 18.3 Å². The quantitative estimate of drug-likeness (QED) is 0.907. The molecule has 0 spiro atoms. The molecule has 0 radical (unpaired) electrons. The van der Waals surface area contributed by atoms with Gasteiger partial charge in [0.2, 0.25) is 5.91 Å². The van der Waals surface area contributed by atoms with Crippen molar-refractivity contribution in [3.8, 4) is 0 Å². The number of thiophene rings is 1. The third kappa shape index (κ3) is 3.90. The predicted molar refractivity (Wildman–Crippen MR) is 85.0 cm³/mol. The Morgan fingerprint density at radius 2 is 2.09 bits per heavy atom. The first kappa shape index (κ1) is 16.6. The molecule has 118 valence electrons. The summed E-state index contributed by atoms with van der Waals surface area (Å²) in [6.07, 6.45) is 0. The molecular formula is C16H18F2N2OS. The number of likely N-dealkylation sites (N-methyl/N-ethyl adjacent to an activating group) is 1. The molecule has 0 unspecified atom stereocenters. The second-order valence-corrected chi connectivity index (χ2v) is 6.23.